The number of benzene rings is 2. The normalized spacial score (nSPS) is 11.4. The van der Waals surface area contributed by atoms with E-state index in [2.05, 4.69) is 15.3 Å². The molecule has 0 bridgehead atoms. The van der Waals surface area contributed by atoms with Crippen LogP contribution >= 0.6 is 23.5 Å². The maximum atomic E-state index is 12.6. The van der Waals surface area contributed by atoms with Crippen molar-refractivity contribution in [3.05, 3.63) is 71.5 Å². The molecule has 0 radical (unpaired) electrons. The highest BCUT2D eigenvalue weighted by Gasteiger charge is 2.29. The van der Waals surface area contributed by atoms with Gasteiger partial charge in [-0.3, -0.25) is 4.79 Å². The van der Waals surface area contributed by atoms with Crippen molar-refractivity contribution in [2.45, 2.75) is 35.0 Å². The van der Waals surface area contributed by atoms with Gasteiger partial charge in [0.25, 0.3) is 0 Å². The minimum atomic E-state index is -4.34. The molecule has 3 aromatic rings. The van der Waals surface area contributed by atoms with Crippen LogP contribution in [0.5, 0.6) is 0 Å². The van der Waals surface area contributed by atoms with Crippen LogP contribution in [0.15, 0.2) is 69.5 Å². The zero-order chi connectivity index (χ0) is 21.7. The summed E-state index contributed by atoms with van der Waals surface area (Å²) in [5.74, 6) is 0.0104. The molecule has 4 nitrogen and oxygen atoms in total. The van der Waals surface area contributed by atoms with Crippen molar-refractivity contribution in [1.29, 1.82) is 0 Å². The molecule has 9 heteroatoms. The zero-order valence-corrected chi connectivity index (χ0v) is 17.8. The Hall–Kier alpha value is -2.52. The van der Waals surface area contributed by atoms with E-state index in [9.17, 15) is 18.0 Å². The van der Waals surface area contributed by atoms with E-state index >= 15 is 0 Å². The number of hydrogen-bond donors (Lipinski definition) is 1. The smallest absolute Gasteiger partial charge is 0.325 e. The number of hydrogen-bond acceptors (Lipinski definition) is 5. The van der Waals surface area contributed by atoms with E-state index in [1.165, 1.54) is 35.7 Å². The highest BCUT2D eigenvalue weighted by molar-refractivity contribution is 7.99. The molecular weight excluding hydrogens is 431 g/mol. The Balaban J connectivity index is 1.53. The lowest BCUT2D eigenvalue weighted by atomic mass is 10.2. The average Bonchev–Trinajstić information content (AvgIpc) is 2.67. The molecule has 0 saturated heterocycles. The van der Waals surface area contributed by atoms with E-state index < -0.39 is 11.7 Å². The molecule has 0 aliphatic rings. The largest absolute Gasteiger partial charge is 0.416 e. The minimum absolute atomic E-state index is 0.175. The first-order valence-electron chi connectivity index (χ1n) is 8.89. The number of thioether (sulfide) groups is 1. The Labute approximate surface area is 180 Å². The molecule has 2 aromatic carbocycles. The summed E-state index contributed by atoms with van der Waals surface area (Å²) in [6.07, 6.45) is -4.34. The molecule has 0 saturated carbocycles. The number of aryl methyl sites for hydroxylation is 2. The Morgan fingerprint density at radius 2 is 1.47 bits per heavy atom. The number of aromatic nitrogens is 2. The molecule has 30 heavy (non-hydrogen) atoms. The van der Waals surface area contributed by atoms with Gasteiger partial charge in [0.15, 0.2) is 5.16 Å². The molecule has 0 atom stereocenters. The van der Waals surface area contributed by atoms with Gasteiger partial charge >= 0.3 is 6.18 Å². The quantitative estimate of drug-likeness (QED) is 0.370. The predicted molar refractivity (Wildman–Crippen MR) is 113 cm³/mol. The number of nitrogens with zero attached hydrogens (tertiary/aromatic N) is 2. The zero-order valence-electron chi connectivity index (χ0n) is 16.2. The first-order chi connectivity index (χ1) is 14.2. The molecule has 1 amide bonds. The van der Waals surface area contributed by atoms with Crippen LogP contribution in [-0.2, 0) is 11.0 Å². The minimum Gasteiger partial charge on any atom is -0.325 e. The van der Waals surface area contributed by atoms with Gasteiger partial charge in [-0.15, -0.1) is 0 Å². The lowest BCUT2D eigenvalue weighted by Gasteiger charge is -2.08. The molecule has 1 aromatic heterocycles. The molecule has 0 spiro atoms. The van der Waals surface area contributed by atoms with Crippen LogP contribution in [0.1, 0.15) is 17.0 Å². The summed E-state index contributed by atoms with van der Waals surface area (Å²) in [5, 5.41) is 3.37. The van der Waals surface area contributed by atoms with Gasteiger partial charge in [-0.1, -0.05) is 23.5 Å². The molecule has 0 unspecified atom stereocenters. The van der Waals surface area contributed by atoms with Crippen LogP contribution in [0, 0.1) is 13.8 Å². The Morgan fingerprint density at radius 3 is 2.00 bits per heavy atom. The fourth-order valence-electron chi connectivity index (χ4n) is 2.54. The second-order valence-electron chi connectivity index (χ2n) is 6.42. The van der Waals surface area contributed by atoms with Crippen molar-refractivity contribution in [2.24, 2.45) is 0 Å². The van der Waals surface area contributed by atoms with E-state index in [0.717, 1.165) is 28.4 Å². The highest BCUT2D eigenvalue weighted by atomic mass is 32.2. The van der Waals surface area contributed by atoms with Gasteiger partial charge < -0.3 is 5.32 Å². The number of carbonyl (C=O) groups is 1. The Kier molecular flexibility index (Phi) is 7.04. The molecular formula is C21H18F3N3OS2. The number of alkyl halides is 3. The summed E-state index contributed by atoms with van der Waals surface area (Å²) >= 11 is 2.61. The maximum absolute atomic E-state index is 12.6. The van der Waals surface area contributed by atoms with Crippen molar-refractivity contribution >= 4 is 35.1 Å². The van der Waals surface area contributed by atoms with Gasteiger partial charge in [0.1, 0.15) is 0 Å². The van der Waals surface area contributed by atoms with Crippen LogP contribution in [0.25, 0.3) is 0 Å². The lowest BCUT2D eigenvalue weighted by molar-refractivity contribution is -0.137. The van der Waals surface area contributed by atoms with E-state index in [0.29, 0.717) is 15.7 Å². The second-order valence-corrected chi connectivity index (χ2v) is 8.51. The monoisotopic (exact) mass is 449 g/mol. The van der Waals surface area contributed by atoms with E-state index in [-0.39, 0.29) is 11.7 Å². The highest BCUT2D eigenvalue weighted by Crippen LogP contribution is 2.33. The van der Waals surface area contributed by atoms with Crippen LogP contribution in [0.2, 0.25) is 0 Å². The number of anilines is 1. The summed E-state index contributed by atoms with van der Waals surface area (Å²) in [4.78, 5) is 22.3. The van der Waals surface area contributed by atoms with Gasteiger partial charge in [-0.25, -0.2) is 9.97 Å². The van der Waals surface area contributed by atoms with Gasteiger partial charge in [-0.2, -0.15) is 13.2 Å². The molecule has 1 N–H and O–H groups in total. The fourth-order valence-corrected chi connectivity index (χ4v) is 4.11. The van der Waals surface area contributed by atoms with Crippen molar-refractivity contribution in [3.63, 3.8) is 0 Å². The predicted octanol–water partition coefficient (Wildman–Crippen LogP) is 5.99. The second kappa shape index (κ2) is 9.53. The van der Waals surface area contributed by atoms with Gasteiger partial charge in [0.2, 0.25) is 5.91 Å². The third-order valence-electron chi connectivity index (χ3n) is 3.85. The topological polar surface area (TPSA) is 54.9 Å². The van der Waals surface area contributed by atoms with Crippen molar-refractivity contribution in [2.75, 3.05) is 11.1 Å². The third-order valence-corrected chi connectivity index (χ3v) is 5.71. The fraction of sp³-hybridized carbons (Fsp3) is 0.190. The molecule has 156 valence electrons. The Bertz CT molecular complexity index is 1000. The first kappa shape index (κ1) is 22.2. The van der Waals surface area contributed by atoms with Crippen molar-refractivity contribution in [3.8, 4) is 0 Å². The summed E-state index contributed by atoms with van der Waals surface area (Å²) in [5.41, 5.74) is 1.67. The first-order valence-corrected chi connectivity index (χ1v) is 10.7. The number of rotatable bonds is 6. The van der Waals surface area contributed by atoms with Crippen LogP contribution < -0.4 is 5.32 Å². The summed E-state index contributed by atoms with van der Waals surface area (Å²) in [6.45, 7) is 3.76. The molecule has 1 heterocycles. The number of halogens is 3. The van der Waals surface area contributed by atoms with Gasteiger partial charge in [0.05, 0.1) is 11.3 Å². The van der Waals surface area contributed by atoms with Crippen molar-refractivity contribution in [1.82, 2.24) is 9.97 Å². The summed E-state index contributed by atoms with van der Waals surface area (Å²) < 4.78 is 37.9. The standard InChI is InChI=1S/C21H18F3N3OS2/c1-13-11-14(2)26-20(25-13)29-12-19(28)27-16-5-9-18(10-6-16)30-17-7-3-15(4-8-17)21(22,23)24/h3-11H,12H2,1-2H3,(H,27,28). The lowest BCUT2D eigenvalue weighted by Crippen LogP contribution is -2.14. The SMILES string of the molecule is Cc1cc(C)nc(SCC(=O)Nc2ccc(Sc3ccc(C(F)(F)F)cc3)cc2)n1. The van der Waals surface area contributed by atoms with Crippen LogP contribution in [-0.4, -0.2) is 21.6 Å². The van der Waals surface area contributed by atoms with Crippen LogP contribution in [0.3, 0.4) is 0 Å². The number of amides is 1. The van der Waals surface area contributed by atoms with E-state index in [1.807, 2.05) is 19.9 Å². The molecule has 0 aliphatic heterocycles. The van der Waals surface area contributed by atoms with E-state index in [4.69, 9.17) is 0 Å². The molecule has 0 fully saturated rings. The molecule has 3 rings (SSSR count). The number of carbonyl (C=O) groups excluding carboxylic acids is 1. The van der Waals surface area contributed by atoms with Gasteiger partial charge in [0, 0.05) is 26.9 Å². The van der Waals surface area contributed by atoms with Gasteiger partial charge in [-0.05, 0) is 68.4 Å². The maximum Gasteiger partial charge on any atom is 0.416 e. The number of nitrogens with one attached hydrogen (secondary N) is 1. The molecule has 0 aliphatic carbocycles. The third kappa shape index (κ3) is 6.50. The summed E-state index contributed by atoms with van der Waals surface area (Å²) in [7, 11) is 0. The van der Waals surface area contributed by atoms with E-state index in [1.54, 1.807) is 24.3 Å². The summed E-state index contributed by atoms with van der Waals surface area (Å²) in [6, 6.07) is 14.0. The Morgan fingerprint density at radius 1 is 0.933 bits per heavy atom. The average molecular weight is 450 g/mol. The van der Waals surface area contributed by atoms with Crippen LogP contribution in [0.4, 0.5) is 18.9 Å². The van der Waals surface area contributed by atoms with Crippen molar-refractivity contribution < 1.29 is 18.0 Å².